The van der Waals surface area contributed by atoms with Gasteiger partial charge in [-0.25, -0.2) is 0 Å². The second kappa shape index (κ2) is 6.16. The van der Waals surface area contributed by atoms with Gasteiger partial charge in [0, 0.05) is 31.7 Å². The number of benzene rings is 1. The fraction of sp³-hybridized carbons (Fsp3) is 0.588. The molecular formula is C17H26N2O2. The molecule has 2 rings (SSSR count). The Morgan fingerprint density at radius 2 is 1.90 bits per heavy atom. The van der Waals surface area contributed by atoms with Crippen LogP contribution < -0.4 is 0 Å². The molecule has 0 bridgehead atoms. The largest absolute Gasteiger partial charge is 0.481 e. The summed E-state index contributed by atoms with van der Waals surface area (Å²) >= 11 is 0. The SMILES string of the molecule is CC(C(=O)O)c1ccc(CN2CCN(C)C(C)(C)C2)cc1. The van der Waals surface area contributed by atoms with E-state index in [0.717, 1.165) is 31.7 Å². The van der Waals surface area contributed by atoms with Crippen LogP contribution in [-0.4, -0.2) is 53.1 Å². The van der Waals surface area contributed by atoms with Crippen LogP contribution in [0.3, 0.4) is 0 Å². The van der Waals surface area contributed by atoms with Crippen molar-refractivity contribution in [1.82, 2.24) is 9.80 Å². The number of aliphatic carboxylic acids is 1. The number of piperazine rings is 1. The van der Waals surface area contributed by atoms with Crippen LogP contribution >= 0.6 is 0 Å². The van der Waals surface area contributed by atoms with E-state index in [1.807, 2.05) is 12.1 Å². The summed E-state index contributed by atoms with van der Waals surface area (Å²) in [6.07, 6.45) is 0. The highest BCUT2D eigenvalue weighted by Gasteiger charge is 2.30. The van der Waals surface area contributed by atoms with Crippen LogP contribution in [0.2, 0.25) is 0 Å². The van der Waals surface area contributed by atoms with E-state index in [1.54, 1.807) is 6.92 Å². The smallest absolute Gasteiger partial charge is 0.310 e. The molecule has 1 atom stereocenters. The summed E-state index contributed by atoms with van der Waals surface area (Å²) in [6, 6.07) is 7.99. The maximum Gasteiger partial charge on any atom is 0.310 e. The van der Waals surface area contributed by atoms with Crippen molar-refractivity contribution >= 4 is 5.97 Å². The van der Waals surface area contributed by atoms with Gasteiger partial charge in [-0.15, -0.1) is 0 Å². The minimum Gasteiger partial charge on any atom is -0.481 e. The maximum absolute atomic E-state index is 11.0. The van der Waals surface area contributed by atoms with Crippen molar-refractivity contribution in [3.05, 3.63) is 35.4 Å². The Morgan fingerprint density at radius 3 is 2.43 bits per heavy atom. The van der Waals surface area contributed by atoms with Gasteiger partial charge in [0.15, 0.2) is 0 Å². The third-order valence-corrected chi connectivity index (χ3v) is 4.65. The highest BCUT2D eigenvalue weighted by Crippen LogP contribution is 2.21. The highest BCUT2D eigenvalue weighted by atomic mass is 16.4. The Kier molecular flexibility index (Phi) is 4.69. The maximum atomic E-state index is 11.0. The molecule has 1 N–H and O–H groups in total. The van der Waals surface area contributed by atoms with Crippen molar-refractivity contribution in [2.24, 2.45) is 0 Å². The number of rotatable bonds is 4. The van der Waals surface area contributed by atoms with Gasteiger partial charge in [0.05, 0.1) is 5.92 Å². The predicted molar refractivity (Wildman–Crippen MR) is 84.5 cm³/mol. The van der Waals surface area contributed by atoms with E-state index in [4.69, 9.17) is 5.11 Å². The summed E-state index contributed by atoms with van der Waals surface area (Å²) in [5, 5.41) is 9.04. The third kappa shape index (κ3) is 3.83. The number of carboxylic acids is 1. The van der Waals surface area contributed by atoms with Crippen LogP contribution in [0, 0.1) is 0 Å². The summed E-state index contributed by atoms with van der Waals surface area (Å²) < 4.78 is 0. The zero-order valence-corrected chi connectivity index (χ0v) is 13.5. The Balaban J connectivity index is 1.99. The molecule has 1 aromatic rings. The monoisotopic (exact) mass is 290 g/mol. The molecule has 0 aliphatic carbocycles. The molecule has 0 amide bonds. The summed E-state index contributed by atoms with van der Waals surface area (Å²) in [5.41, 5.74) is 2.32. The lowest BCUT2D eigenvalue weighted by Crippen LogP contribution is -2.57. The third-order valence-electron chi connectivity index (χ3n) is 4.65. The normalized spacial score (nSPS) is 21.1. The van der Waals surface area contributed by atoms with E-state index in [9.17, 15) is 4.79 Å². The Hall–Kier alpha value is -1.39. The first-order valence-corrected chi connectivity index (χ1v) is 7.55. The lowest BCUT2D eigenvalue weighted by atomic mass is 9.98. The van der Waals surface area contributed by atoms with E-state index in [-0.39, 0.29) is 5.54 Å². The van der Waals surface area contributed by atoms with Gasteiger partial charge in [0.1, 0.15) is 0 Å². The zero-order chi connectivity index (χ0) is 15.6. The molecule has 0 saturated carbocycles. The van der Waals surface area contributed by atoms with Crippen molar-refractivity contribution < 1.29 is 9.90 Å². The van der Waals surface area contributed by atoms with Crippen molar-refractivity contribution in [2.45, 2.75) is 38.8 Å². The van der Waals surface area contributed by atoms with Crippen LogP contribution in [0.5, 0.6) is 0 Å². The number of likely N-dealkylation sites (N-methyl/N-ethyl adjacent to an activating group) is 1. The molecule has 1 heterocycles. The van der Waals surface area contributed by atoms with Crippen molar-refractivity contribution in [1.29, 1.82) is 0 Å². The molecular weight excluding hydrogens is 264 g/mol. The predicted octanol–water partition coefficient (Wildman–Crippen LogP) is 2.40. The molecule has 1 aliphatic rings. The van der Waals surface area contributed by atoms with Gasteiger partial charge >= 0.3 is 5.97 Å². The fourth-order valence-corrected chi connectivity index (χ4v) is 2.79. The summed E-state index contributed by atoms with van der Waals surface area (Å²) in [5.74, 6) is -1.22. The zero-order valence-electron chi connectivity index (χ0n) is 13.5. The second-order valence-corrected chi connectivity index (χ2v) is 6.75. The highest BCUT2D eigenvalue weighted by molar-refractivity contribution is 5.75. The lowest BCUT2D eigenvalue weighted by Gasteiger charge is -2.45. The molecule has 0 spiro atoms. The van der Waals surface area contributed by atoms with E-state index in [2.05, 4.69) is 42.8 Å². The minimum absolute atomic E-state index is 0.204. The van der Waals surface area contributed by atoms with Crippen molar-refractivity contribution in [3.63, 3.8) is 0 Å². The first-order chi connectivity index (χ1) is 9.79. The topological polar surface area (TPSA) is 43.8 Å². The van der Waals surface area contributed by atoms with Gasteiger partial charge in [-0.3, -0.25) is 14.6 Å². The Bertz CT molecular complexity index is 496. The van der Waals surface area contributed by atoms with Gasteiger partial charge in [-0.1, -0.05) is 24.3 Å². The molecule has 4 nitrogen and oxygen atoms in total. The second-order valence-electron chi connectivity index (χ2n) is 6.75. The van der Waals surface area contributed by atoms with E-state index < -0.39 is 11.9 Å². The quantitative estimate of drug-likeness (QED) is 0.925. The van der Waals surface area contributed by atoms with Crippen LogP contribution in [0.4, 0.5) is 0 Å². The number of carbonyl (C=O) groups is 1. The standard InChI is InChI=1S/C17H26N2O2/c1-13(16(20)21)15-7-5-14(6-8-15)11-19-10-9-18(4)17(2,3)12-19/h5-8,13H,9-12H2,1-4H3,(H,20,21). The molecule has 21 heavy (non-hydrogen) atoms. The van der Waals surface area contributed by atoms with Gasteiger partial charge in [-0.2, -0.15) is 0 Å². The first kappa shape index (κ1) is 16.0. The average molecular weight is 290 g/mol. The van der Waals surface area contributed by atoms with Gasteiger partial charge in [0.2, 0.25) is 0 Å². The molecule has 1 aliphatic heterocycles. The first-order valence-electron chi connectivity index (χ1n) is 7.55. The van der Waals surface area contributed by atoms with Crippen LogP contribution in [0.25, 0.3) is 0 Å². The van der Waals surface area contributed by atoms with Crippen LogP contribution in [0.15, 0.2) is 24.3 Å². The average Bonchev–Trinajstić information content (AvgIpc) is 2.42. The summed E-state index contributed by atoms with van der Waals surface area (Å²) in [4.78, 5) is 15.9. The summed E-state index contributed by atoms with van der Waals surface area (Å²) in [6.45, 7) is 10.4. The number of nitrogens with zero attached hydrogens (tertiary/aromatic N) is 2. The molecule has 1 unspecified atom stereocenters. The molecule has 0 radical (unpaired) electrons. The van der Waals surface area contributed by atoms with Gasteiger partial charge in [-0.05, 0) is 38.9 Å². The van der Waals surface area contributed by atoms with Crippen LogP contribution in [-0.2, 0) is 11.3 Å². The van der Waals surface area contributed by atoms with E-state index in [0.29, 0.717) is 0 Å². The number of hydrogen-bond acceptors (Lipinski definition) is 3. The van der Waals surface area contributed by atoms with Crippen LogP contribution in [0.1, 0.15) is 37.8 Å². The van der Waals surface area contributed by atoms with Crippen molar-refractivity contribution in [3.8, 4) is 0 Å². The molecule has 1 saturated heterocycles. The Morgan fingerprint density at radius 1 is 1.29 bits per heavy atom. The Labute approximate surface area is 127 Å². The molecule has 1 fully saturated rings. The van der Waals surface area contributed by atoms with Gasteiger partial charge in [0.25, 0.3) is 0 Å². The lowest BCUT2D eigenvalue weighted by molar-refractivity contribution is -0.138. The van der Waals surface area contributed by atoms with Crippen molar-refractivity contribution in [2.75, 3.05) is 26.7 Å². The molecule has 0 aromatic heterocycles. The van der Waals surface area contributed by atoms with E-state index in [1.165, 1.54) is 5.56 Å². The van der Waals surface area contributed by atoms with Gasteiger partial charge < -0.3 is 5.11 Å². The number of hydrogen-bond donors (Lipinski definition) is 1. The molecule has 4 heteroatoms. The van der Waals surface area contributed by atoms with E-state index >= 15 is 0 Å². The number of carboxylic acid groups (broad SMARTS) is 1. The minimum atomic E-state index is -0.774. The summed E-state index contributed by atoms with van der Waals surface area (Å²) in [7, 11) is 2.18. The molecule has 1 aromatic carbocycles. The fourth-order valence-electron chi connectivity index (χ4n) is 2.79. The molecule has 116 valence electrons.